The Labute approximate surface area is 202 Å². The predicted molar refractivity (Wildman–Crippen MR) is 135 cm³/mol. The molecule has 1 N–H and O–H groups in total. The maximum atomic E-state index is 6.15. The Balaban J connectivity index is 1.23. The summed E-state index contributed by atoms with van der Waals surface area (Å²) in [5, 5.41) is 4.32. The number of ether oxygens (including phenoxy) is 3. The first kappa shape index (κ1) is 21.4. The first-order valence-electron chi connectivity index (χ1n) is 11.6. The molecule has 1 atom stereocenters. The van der Waals surface area contributed by atoms with E-state index < -0.39 is 0 Å². The highest BCUT2D eigenvalue weighted by Crippen LogP contribution is 2.32. The van der Waals surface area contributed by atoms with Crippen molar-refractivity contribution in [1.82, 2.24) is 19.5 Å². The lowest BCUT2D eigenvalue weighted by atomic mass is 10.1. The summed E-state index contributed by atoms with van der Waals surface area (Å²) in [5.41, 5.74) is 4.72. The number of benzene rings is 3. The van der Waals surface area contributed by atoms with Crippen molar-refractivity contribution >= 4 is 33.4 Å². The molecule has 0 aliphatic carbocycles. The zero-order valence-corrected chi connectivity index (χ0v) is 19.6. The molecule has 0 unspecified atom stereocenters. The SMILES string of the molecule is Cc1cc(Nc2ncnc3ccc(O[C@H]4CCOC4)cc23)ccc1Oc1ccc2c(c1)ncn2C. The van der Waals surface area contributed by atoms with Gasteiger partial charge in [0.25, 0.3) is 0 Å². The fraction of sp³-hybridized carbons (Fsp3) is 0.222. The average molecular weight is 468 g/mol. The predicted octanol–water partition coefficient (Wildman–Crippen LogP) is 5.53. The Morgan fingerprint density at radius 2 is 1.89 bits per heavy atom. The van der Waals surface area contributed by atoms with Crippen molar-refractivity contribution in [3.63, 3.8) is 0 Å². The second-order valence-corrected chi connectivity index (χ2v) is 8.72. The van der Waals surface area contributed by atoms with Crippen LogP contribution in [0.25, 0.3) is 21.9 Å². The number of hydrogen-bond acceptors (Lipinski definition) is 7. The number of nitrogens with one attached hydrogen (secondary N) is 1. The number of anilines is 2. The summed E-state index contributed by atoms with van der Waals surface area (Å²) in [6.45, 7) is 3.39. The first-order valence-corrected chi connectivity index (χ1v) is 11.6. The van der Waals surface area contributed by atoms with E-state index in [9.17, 15) is 0 Å². The maximum absolute atomic E-state index is 6.15. The molecule has 0 bridgehead atoms. The third-order valence-corrected chi connectivity index (χ3v) is 6.16. The third-order valence-electron chi connectivity index (χ3n) is 6.16. The van der Waals surface area contributed by atoms with Gasteiger partial charge in [-0.25, -0.2) is 15.0 Å². The molecule has 35 heavy (non-hydrogen) atoms. The number of hydrogen-bond donors (Lipinski definition) is 1. The van der Waals surface area contributed by atoms with Crippen LogP contribution in [0.15, 0.2) is 67.3 Å². The van der Waals surface area contributed by atoms with Gasteiger partial charge >= 0.3 is 0 Å². The minimum atomic E-state index is 0.0852. The van der Waals surface area contributed by atoms with Crippen LogP contribution in [0.4, 0.5) is 11.5 Å². The summed E-state index contributed by atoms with van der Waals surface area (Å²) >= 11 is 0. The van der Waals surface area contributed by atoms with Crippen molar-refractivity contribution in [3.05, 3.63) is 72.8 Å². The van der Waals surface area contributed by atoms with Crippen LogP contribution >= 0.6 is 0 Å². The Kier molecular flexibility index (Phi) is 5.42. The van der Waals surface area contributed by atoms with Crippen molar-refractivity contribution in [3.8, 4) is 17.2 Å². The van der Waals surface area contributed by atoms with E-state index >= 15 is 0 Å². The molecule has 0 spiro atoms. The minimum Gasteiger partial charge on any atom is -0.488 e. The van der Waals surface area contributed by atoms with Crippen LogP contribution in [0.3, 0.4) is 0 Å². The van der Waals surface area contributed by atoms with E-state index in [2.05, 4.69) is 20.3 Å². The Morgan fingerprint density at radius 1 is 0.971 bits per heavy atom. The van der Waals surface area contributed by atoms with E-state index in [-0.39, 0.29) is 6.10 Å². The molecule has 1 fully saturated rings. The van der Waals surface area contributed by atoms with Crippen LogP contribution in [-0.4, -0.2) is 38.8 Å². The monoisotopic (exact) mass is 467 g/mol. The molecule has 8 heteroatoms. The van der Waals surface area contributed by atoms with Crippen molar-refractivity contribution < 1.29 is 14.2 Å². The number of rotatable bonds is 6. The van der Waals surface area contributed by atoms with E-state index in [1.54, 1.807) is 12.7 Å². The summed E-state index contributed by atoms with van der Waals surface area (Å²) in [6, 6.07) is 17.8. The van der Waals surface area contributed by atoms with E-state index in [0.29, 0.717) is 6.61 Å². The molecule has 0 radical (unpaired) electrons. The molecule has 6 rings (SSSR count). The molecule has 1 saturated heterocycles. The summed E-state index contributed by atoms with van der Waals surface area (Å²) < 4.78 is 19.6. The Bertz CT molecular complexity index is 1520. The quantitative estimate of drug-likeness (QED) is 0.352. The van der Waals surface area contributed by atoms with E-state index in [0.717, 1.165) is 69.3 Å². The van der Waals surface area contributed by atoms with E-state index in [1.807, 2.05) is 73.1 Å². The lowest BCUT2D eigenvalue weighted by Gasteiger charge is -2.14. The van der Waals surface area contributed by atoms with Gasteiger partial charge in [0.2, 0.25) is 0 Å². The Morgan fingerprint density at radius 3 is 2.74 bits per heavy atom. The second kappa shape index (κ2) is 8.88. The minimum absolute atomic E-state index is 0.0852. The normalized spacial score (nSPS) is 15.5. The fourth-order valence-corrected chi connectivity index (χ4v) is 4.29. The highest BCUT2D eigenvalue weighted by Gasteiger charge is 2.18. The van der Waals surface area contributed by atoms with Crippen LogP contribution in [-0.2, 0) is 11.8 Å². The van der Waals surface area contributed by atoms with Crippen LogP contribution in [0.5, 0.6) is 17.2 Å². The van der Waals surface area contributed by atoms with Gasteiger partial charge < -0.3 is 24.1 Å². The van der Waals surface area contributed by atoms with Crippen molar-refractivity contribution in [1.29, 1.82) is 0 Å². The van der Waals surface area contributed by atoms with Gasteiger partial charge in [0.1, 0.15) is 35.5 Å². The van der Waals surface area contributed by atoms with Gasteiger partial charge in [-0.05, 0) is 61.0 Å². The molecule has 1 aliphatic heterocycles. The maximum Gasteiger partial charge on any atom is 0.141 e. The first-order chi connectivity index (χ1) is 17.1. The molecule has 0 saturated carbocycles. The number of fused-ring (bicyclic) bond motifs is 2. The molecule has 8 nitrogen and oxygen atoms in total. The fourth-order valence-electron chi connectivity index (χ4n) is 4.29. The molecule has 3 aromatic carbocycles. The van der Waals surface area contributed by atoms with Crippen LogP contribution in [0.2, 0.25) is 0 Å². The number of aromatic nitrogens is 4. The van der Waals surface area contributed by atoms with Crippen molar-refractivity contribution in [2.24, 2.45) is 7.05 Å². The molecule has 2 aromatic heterocycles. The molecule has 3 heterocycles. The zero-order chi connectivity index (χ0) is 23.8. The molecular weight excluding hydrogens is 442 g/mol. The van der Waals surface area contributed by atoms with Crippen molar-refractivity contribution in [2.45, 2.75) is 19.4 Å². The summed E-state index contributed by atoms with van der Waals surface area (Å²) in [4.78, 5) is 13.3. The summed E-state index contributed by atoms with van der Waals surface area (Å²) in [6.07, 6.45) is 4.35. The summed E-state index contributed by atoms with van der Waals surface area (Å²) in [7, 11) is 1.98. The van der Waals surface area contributed by atoms with Crippen LogP contribution in [0, 0.1) is 6.92 Å². The lowest BCUT2D eigenvalue weighted by molar-refractivity contribution is 0.141. The van der Waals surface area contributed by atoms with Gasteiger partial charge in [0.05, 0.1) is 36.1 Å². The van der Waals surface area contributed by atoms with Gasteiger partial charge in [-0.15, -0.1) is 0 Å². The van der Waals surface area contributed by atoms with Crippen LogP contribution < -0.4 is 14.8 Å². The van der Waals surface area contributed by atoms with Gasteiger partial charge in [0.15, 0.2) is 0 Å². The van der Waals surface area contributed by atoms with Crippen molar-refractivity contribution in [2.75, 3.05) is 18.5 Å². The molecule has 1 aliphatic rings. The van der Waals surface area contributed by atoms with Gasteiger partial charge in [-0.3, -0.25) is 0 Å². The molecule has 176 valence electrons. The topological polar surface area (TPSA) is 83.3 Å². The van der Waals surface area contributed by atoms with E-state index in [4.69, 9.17) is 14.2 Å². The molecule has 5 aromatic rings. The third kappa shape index (κ3) is 4.36. The highest BCUT2D eigenvalue weighted by atomic mass is 16.5. The molecule has 0 amide bonds. The van der Waals surface area contributed by atoms with Gasteiger partial charge in [-0.2, -0.15) is 0 Å². The number of nitrogens with zero attached hydrogens (tertiary/aromatic N) is 4. The standard InChI is InChI=1S/C27H25N5O3/c1-17-11-18(3-8-26(17)35-20-5-7-25-24(13-20)30-16-32(25)2)31-27-22-12-19(34-21-9-10-33-14-21)4-6-23(22)28-15-29-27/h3-8,11-13,15-16,21H,9-10,14H2,1-2H3,(H,28,29,31)/t21-/m0/s1. The number of aryl methyl sites for hydroxylation is 2. The zero-order valence-electron chi connectivity index (χ0n) is 19.6. The molecular formula is C27H25N5O3. The van der Waals surface area contributed by atoms with Gasteiger partial charge in [0, 0.05) is 30.6 Å². The smallest absolute Gasteiger partial charge is 0.141 e. The second-order valence-electron chi connectivity index (χ2n) is 8.72. The highest BCUT2D eigenvalue weighted by molar-refractivity contribution is 5.91. The Hall–Kier alpha value is -4.17. The number of imidazole rings is 1. The largest absolute Gasteiger partial charge is 0.488 e. The lowest BCUT2D eigenvalue weighted by Crippen LogP contribution is -2.15. The van der Waals surface area contributed by atoms with E-state index in [1.165, 1.54) is 0 Å². The summed E-state index contributed by atoms with van der Waals surface area (Å²) in [5.74, 6) is 3.04. The average Bonchev–Trinajstić information content (AvgIpc) is 3.51. The van der Waals surface area contributed by atoms with Gasteiger partial charge in [-0.1, -0.05) is 0 Å². The van der Waals surface area contributed by atoms with Crippen LogP contribution in [0.1, 0.15) is 12.0 Å².